The van der Waals surface area contributed by atoms with Crippen molar-refractivity contribution in [1.82, 2.24) is 18.9 Å². The SMILES string of the molecule is Cn1c(N)c(CN2CCN(Cc3ccccc3)CC2)c(=O)n(C)c1=O. The number of rotatable bonds is 4. The summed E-state index contributed by atoms with van der Waals surface area (Å²) in [6.07, 6.45) is 0. The highest BCUT2D eigenvalue weighted by Crippen LogP contribution is 2.12. The number of nitrogens with zero attached hydrogens (tertiary/aromatic N) is 4. The average Bonchev–Trinajstić information content (AvgIpc) is 2.64. The van der Waals surface area contributed by atoms with E-state index in [4.69, 9.17) is 5.73 Å². The highest BCUT2D eigenvalue weighted by molar-refractivity contribution is 5.38. The van der Waals surface area contributed by atoms with Gasteiger partial charge >= 0.3 is 5.69 Å². The minimum absolute atomic E-state index is 0.264. The molecule has 2 N–H and O–H groups in total. The topological polar surface area (TPSA) is 76.5 Å². The number of benzene rings is 1. The van der Waals surface area contributed by atoms with Crippen LogP contribution in [0, 0.1) is 0 Å². The van der Waals surface area contributed by atoms with Crippen molar-refractivity contribution in [3.63, 3.8) is 0 Å². The molecule has 1 aromatic heterocycles. The molecule has 0 amide bonds. The summed E-state index contributed by atoms with van der Waals surface area (Å²) in [6, 6.07) is 10.4. The van der Waals surface area contributed by atoms with Crippen molar-refractivity contribution in [1.29, 1.82) is 0 Å². The first-order chi connectivity index (χ1) is 12.0. The number of anilines is 1. The van der Waals surface area contributed by atoms with Crippen molar-refractivity contribution in [3.05, 3.63) is 62.3 Å². The number of hydrogen-bond acceptors (Lipinski definition) is 5. The maximum atomic E-state index is 12.4. The molecule has 1 aliphatic heterocycles. The van der Waals surface area contributed by atoms with Crippen LogP contribution in [0.3, 0.4) is 0 Å². The van der Waals surface area contributed by atoms with E-state index in [1.807, 2.05) is 6.07 Å². The van der Waals surface area contributed by atoms with E-state index in [1.165, 1.54) is 17.2 Å². The molecular formula is C18H25N5O2. The third-order valence-electron chi connectivity index (χ3n) is 4.90. The van der Waals surface area contributed by atoms with Gasteiger partial charge in [-0.25, -0.2) is 4.79 Å². The van der Waals surface area contributed by atoms with Crippen LogP contribution in [0.25, 0.3) is 0 Å². The van der Waals surface area contributed by atoms with Crippen molar-refractivity contribution in [2.75, 3.05) is 31.9 Å². The molecule has 0 saturated carbocycles. The van der Waals surface area contributed by atoms with E-state index in [-0.39, 0.29) is 17.1 Å². The first-order valence-corrected chi connectivity index (χ1v) is 8.50. The minimum atomic E-state index is -0.390. The maximum absolute atomic E-state index is 12.4. The van der Waals surface area contributed by atoms with Gasteiger partial charge in [-0.1, -0.05) is 30.3 Å². The van der Waals surface area contributed by atoms with Crippen molar-refractivity contribution in [3.8, 4) is 0 Å². The predicted molar refractivity (Wildman–Crippen MR) is 98.3 cm³/mol. The zero-order chi connectivity index (χ0) is 18.0. The molecule has 7 nitrogen and oxygen atoms in total. The van der Waals surface area contributed by atoms with Crippen LogP contribution < -0.4 is 17.0 Å². The quantitative estimate of drug-likeness (QED) is 0.845. The molecule has 134 valence electrons. The van der Waals surface area contributed by atoms with Gasteiger partial charge in [-0.3, -0.25) is 23.7 Å². The van der Waals surface area contributed by atoms with Crippen molar-refractivity contribution >= 4 is 5.82 Å². The standard InChI is InChI=1S/C18H25N5O2/c1-20-16(19)15(17(24)21(2)18(20)25)13-23-10-8-22(9-11-23)12-14-6-4-3-5-7-14/h3-7H,8-13,19H2,1-2H3. The van der Waals surface area contributed by atoms with Gasteiger partial charge in [-0.2, -0.15) is 0 Å². The smallest absolute Gasteiger partial charge is 0.332 e. The molecule has 0 aliphatic carbocycles. The van der Waals surface area contributed by atoms with Gasteiger partial charge in [0.05, 0.1) is 5.56 Å². The van der Waals surface area contributed by atoms with Crippen LogP contribution in [0.1, 0.15) is 11.1 Å². The molecule has 2 aromatic rings. The third-order valence-corrected chi connectivity index (χ3v) is 4.90. The van der Waals surface area contributed by atoms with E-state index in [9.17, 15) is 9.59 Å². The Hall–Kier alpha value is -2.38. The summed E-state index contributed by atoms with van der Waals surface area (Å²) in [4.78, 5) is 28.9. The summed E-state index contributed by atoms with van der Waals surface area (Å²) in [6.45, 7) is 5.06. The monoisotopic (exact) mass is 343 g/mol. The number of nitrogens with two attached hydrogens (primary N) is 1. The fraction of sp³-hybridized carbons (Fsp3) is 0.444. The Morgan fingerprint density at radius 1 is 0.880 bits per heavy atom. The molecule has 1 aliphatic rings. The molecule has 1 fully saturated rings. The summed E-state index contributed by atoms with van der Waals surface area (Å²) in [5.41, 5.74) is 7.14. The first kappa shape index (κ1) is 17.4. The predicted octanol–water partition coefficient (Wildman–Crippen LogP) is -0.0160. The maximum Gasteiger partial charge on any atom is 0.332 e. The lowest BCUT2D eigenvalue weighted by Crippen LogP contribution is -2.47. The summed E-state index contributed by atoms with van der Waals surface area (Å²) in [5, 5.41) is 0. The Balaban J connectivity index is 1.65. The molecule has 25 heavy (non-hydrogen) atoms. The Kier molecular flexibility index (Phi) is 5.06. The van der Waals surface area contributed by atoms with Gasteiger partial charge in [0.25, 0.3) is 5.56 Å². The molecule has 2 heterocycles. The van der Waals surface area contributed by atoms with Crippen molar-refractivity contribution in [2.45, 2.75) is 13.1 Å². The minimum Gasteiger partial charge on any atom is -0.385 e. The fourth-order valence-corrected chi connectivity index (χ4v) is 3.25. The average molecular weight is 343 g/mol. The molecule has 0 radical (unpaired) electrons. The van der Waals surface area contributed by atoms with Gasteiger partial charge in [-0.15, -0.1) is 0 Å². The van der Waals surface area contributed by atoms with Crippen LogP contribution in [0.5, 0.6) is 0 Å². The number of nitrogen functional groups attached to an aromatic ring is 1. The van der Waals surface area contributed by atoms with Crippen molar-refractivity contribution < 1.29 is 0 Å². The molecule has 7 heteroatoms. The van der Waals surface area contributed by atoms with Gasteiger partial charge in [0.15, 0.2) is 0 Å². The second-order valence-electron chi connectivity index (χ2n) is 6.61. The Bertz CT molecular complexity index is 848. The largest absolute Gasteiger partial charge is 0.385 e. The molecule has 0 atom stereocenters. The summed E-state index contributed by atoms with van der Waals surface area (Å²) >= 11 is 0. The van der Waals surface area contributed by atoms with Gasteiger partial charge in [0.1, 0.15) is 5.82 Å². The first-order valence-electron chi connectivity index (χ1n) is 8.50. The van der Waals surface area contributed by atoms with E-state index in [0.29, 0.717) is 12.1 Å². The van der Waals surface area contributed by atoms with Gasteiger partial charge < -0.3 is 5.73 Å². The van der Waals surface area contributed by atoms with Crippen LogP contribution in [-0.2, 0) is 27.2 Å². The van der Waals surface area contributed by atoms with Gasteiger partial charge in [-0.05, 0) is 5.56 Å². The lowest BCUT2D eigenvalue weighted by atomic mass is 10.2. The number of hydrogen-bond donors (Lipinski definition) is 1. The Morgan fingerprint density at radius 2 is 1.44 bits per heavy atom. The second kappa shape index (κ2) is 7.25. The Labute approximate surface area is 146 Å². The highest BCUT2D eigenvalue weighted by atomic mass is 16.2. The zero-order valence-corrected chi connectivity index (χ0v) is 14.8. The van der Waals surface area contributed by atoms with E-state index in [2.05, 4.69) is 34.1 Å². The molecule has 0 bridgehead atoms. The second-order valence-corrected chi connectivity index (χ2v) is 6.61. The van der Waals surface area contributed by atoms with Crippen LogP contribution in [0.15, 0.2) is 39.9 Å². The molecule has 0 unspecified atom stereocenters. The van der Waals surface area contributed by atoms with Crippen LogP contribution in [-0.4, -0.2) is 45.1 Å². The van der Waals surface area contributed by atoms with E-state index in [0.717, 1.165) is 37.3 Å². The van der Waals surface area contributed by atoms with Crippen molar-refractivity contribution in [2.24, 2.45) is 14.1 Å². The van der Waals surface area contributed by atoms with Gasteiger partial charge in [0.2, 0.25) is 0 Å². The lowest BCUT2D eigenvalue weighted by Gasteiger charge is -2.34. The molecule has 0 spiro atoms. The number of aromatic nitrogens is 2. The third kappa shape index (κ3) is 3.67. The number of piperazine rings is 1. The van der Waals surface area contributed by atoms with Gasteiger partial charge in [0, 0.05) is 53.4 Å². The Morgan fingerprint density at radius 3 is 2.04 bits per heavy atom. The summed E-state index contributed by atoms with van der Waals surface area (Å²) in [5.74, 6) is 0.264. The van der Waals surface area contributed by atoms with E-state index >= 15 is 0 Å². The highest BCUT2D eigenvalue weighted by Gasteiger charge is 2.21. The molecule has 1 saturated heterocycles. The molecule has 1 aromatic carbocycles. The normalized spacial score (nSPS) is 16.2. The molecular weight excluding hydrogens is 318 g/mol. The van der Waals surface area contributed by atoms with E-state index < -0.39 is 0 Å². The lowest BCUT2D eigenvalue weighted by molar-refractivity contribution is 0.121. The van der Waals surface area contributed by atoms with Crippen LogP contribution >= 0.6 is 0 Å². The summed E-state index contributed by atoms with van der Waals surface area (Å²) in [7, 11) is 3.09. The summed E-state index contributed by atoms with van der Waals surface area (Å²) < 4.78 is 2.46. The van der Waals surface area contributed by atoms with E-state index in [1.54, 1.807) is 7.05 Å². The zero-order valence-electron chi connectivity index (χ0n) is 14.8. The fourth-order valence-electron chi connectivity index (χ4n) is 3.25. The van der Waals surface area contributed by atoms with Crippen LogP contribution in [0.2, 0.25) is 0 Å². The van der Waals surface area contributed by atoms with Crippen LogP contribution in [0.4, 0.5) is 5.82 Å². The molecule has 3 rings (SSSR count).